The molecule has 4 rings (SSSR count). The van der Waals surface area contributed by atoms with Crippen LogP contribution in [0.15, 0.2) is 82.4 Å². The maximum absolute atomic E-state index is 12.7. The van der Waals surface area contributed by atoms with Crippen molar-refractivity contribution in [2.45, 2.75) is 0 Å². The van der Waals surface area contributed by atoms with Crippen molar-refractivity contribution in [2.24, 2.45) is 5.10 Å². The van der Waals surface area contributed by atoms with Gasteiger partial charge in [-0.05, 0) is 77.0 Å². The van der Waals surface area contributed by atoms with Gasteiger partial charge in [-0.3, -0.25) is 4.79 Å². The zero-order valence-electron chi connectivity index (χ0n) is 21.4. The third-order valence-corrected chi connectivity index (χ3v) is 6.05. The van der Waals surface area contributed by atoms with E-state index in [1.165, 1.54) is 33.6 Å². The Morgan fingerprint density at radius 1 is 0.795 bits per heavy atom. The first-order chi connectivity index (χ1) is 18.9. The fourth-order valence-corrected chi connectivity index (χ4v) is 3.99. The number of halogens is 1. The number of benzene rings is 4. The minimum Gasteiger partial charge on any atom is -0.493 e. The van der Waals surface area contributed by atoms with E-state index in [1.807, 2.05) is 30.3 Å². The van der Waals surface area contributed by atoms with Gasteiger partial charge < -0.3 is 23.7 Å². The number of hydrazone groups is 1. The summed E-state index contributed by atoms with van der Waals surface area (Å²) in [5.41, 5.74) is 3.31. The second-order valence-corrected chi connectivity index (χ2v) is 9.02. The van der Waals surface area contributed by atoms with Crippen LogP contribution in [0.4, 0.5) is 0 Å². The molecule has 10 heteroatoms. The highest BCUT2D eigenvalue weighted by molar-refractivity contribution is 9.10. The third kappa shape index (κ3) is 7.05. The molecule has 0 heterocycles. The predicted molar refractivity (Wildman–Crippen MR) is 150 cm³/mol. The maximum Gasteiger partial charge on any atom is 0.343 e. The summed E-state index contributed by atoms with van der Waals surface area (Å²) in [4.78, 5) is 24.8. The molecule has 0 aliphatic heterocycles. The number of amides is 1. The summed E-state index contributed by atoms with van der Waals surface area (Å²) < 4.78 is 27.9. The molecule has 0 spiro atoms. The molecule has 39 heavy (non-hydrogen) atoms. The van der Waals surface area contributed by atoms with Gasteiger partial charge >= 0.3 is 5.97 Å². The van der Waals surface area contributed by atoms with Gasteiger partial charge in [0.15, 0.2) is 29.6 Å². The number of rotatable bonds is 10. The number of esters is 1. The number of hydrogen-bond donors (Lipinski definition) is 1. The van der Waals surface area contributed by atoms with Crippen LogP contribution in [0.3, 0.4) is 0 Å². The van der Waals surface area contributed by atoms with Crippen LogP contribution in [-0.4, -0.2) is 46.0 Å². The Labute approximate surface area is 233 Å². The van der Waals surface area contributed by atoms with Crippen LogP contribution in [0, 0.1) is 0 Å². The van der Waals surface area contributed by atoms with E-state index in [9.17, 15) is 9.59 Å². The molecule has 0 saturated carbocycles. The number of nitrogens with zero attached hydrogens (tertiary/aromatic N) is 1. The van der Waals surface area contributed by atoms with Gasteiger partial charge in [0.05, 0.1) is 33.1 Å². The minimum atomic E-state index is -0.595. The molecule has 0 aromatic heterocycles. The molecular formula is C29H25BrN2O7. The Bertz CT molecular complexity index is 1540. The SMILES string of the molecule is COc1ccc(C(=O)Oc2ccc(C=NNC(=O)COc3ccc4cc(Br)ccc4c3)cc2OC)cc1OC. The molecule has 9 nitrogen and oxygen atoms in total. The second kappa shape index (κ2) is 12.8. The first-order valence-corrected chi connectivity index (χ1v) is 12.5. The summed E-state index contributed by atoms with van der Waals surface area (Å²) in [6.07, 6.45) is 1.44. The molecule has 0 unspecified atom stereocenters. The molecule has 1 amide bonds. The molecule has 0 aliphatic rings. The lowest BCUT2D eigenvalue weighted by atomic mass is 10.1. The van der Waals surface area contributed by atoms with Gasteiger partial charge in [-0.1, -0.05) is 28.1 Å². The van der Waals surface area contributed by atoms with E-state index < -0.39 is 11.9 Å². The van der Waals surface area contributed by atoms with Crippen molar-refractivity contribution in [2.75, 3.05) is 27.9 Å². The van der Waals surface area contributed by atoms with Crippen molar-refractivity contribution in [3.63, 3.8) is 0 Å². The minimum absolute atomic E-state index is 0.201. The number of fused-ring (bicyclic) bond motifs is 1. The molecule has 0 radical (unpaired) electrons. The van der Waals surface area contributed by atoms with Crippen LogP contribution >= 0.6 is 15.9 Å². The number of nitrogens with one attached hydrogen (secondary N) is 1. The monoisotopic (exact) mass is 592 g/mol. The van der Waals surface area contributed by atoms with Crippen LogP contribution in [-0.2, 0) is 4.79 Å². The average molecular weight is 593 g/mol. The highest BCUT2D eigenvalue weighted by Gasteiger charge is 2.15. The largest absolute Gasteiger partial charge is 0.493 e. The molecule has 0 bridgehead atoms. The summed E-state index contributed by atoms with van der Waals surface area (Å²) in [5, 5.41) is 6.02. The normalized spacial score (nSPS) is 10.8. The van der Waals surface area contributed by atoms with Crippen molar-refractivity contribution in [1.82, 2.24) is 5.43 Å². The summed E-state index contributed by atoms with van der Waals surface area (Å²) in [6.45, 7) is -0.201. The zero-order chi connectivity index (χ0) is 27.8. The number of methoxy groups -OCH3 is 3. The highest BCUT2D eigenvalue weighted by Crippen LogP contribution is 2.31. The smallest absolute Gasteiger partial charge is 0.343 e. The number of ether oxygens (including phenoxy) is 5. The number of carbonyl (C=O) groups is 2. The van der Waals surface area contributed by atoms with E-state index in [0.717, 1.165) is 15.2 Å². The molecule has 0 atom stereocenters. The fraction of sp³-hybridized carbons (Fsp3) is 0.138. The summed E-state index contributed by atoms with van der Waals surface area (Å²) >= 11 is 3.45. The van der Waals surface area contributed by atoms with Gasteiger partial charge in [-0.25, -0.2) is 10.2 Å². The molecule has 0 fully saturated rings. The Kier molecular flexibility index (Phi) is 9.01. The van der Waals surface area contributed by atoms with Crippen LogP contribution in [0.25, 0.3) is 10.8 Å². The lowest BCUT2D eigenvalue weighted by Gasteiger charge is -2.11. The van der Waals surface area contributed by atoms with Gasteiger partial charge in [-0.15, -0.1) is 0 Å². The first kappa shape index (κ1) is 27.5. The van der Waals surface area contributed by atoms with Gasteiger partial charge in [-0.2, -0.15) is 5.10 Å². The number of carbonyl (C=O) groups excluding carboxylic acids is 2. The summed E-state index contributed by atoms with van der Waals surface area (Å²) in [7, 11) is 4.45. The quantitative estimate of drug-likeness (QED) is 0.114. The topological polar surface area (TPSA) is 105 Å². The average Bonchev–Trinajstić information content (AvgIpc) is 2.96. The molecule has 0 aliphatic carbocycles. The van der Waals surface area contributed by atoms with Crippen molar-refractivity contribution < 1.29 is 33.3 Å². The van der Waals surface area contributed by atoms with Crippen LogP contribution < -0.4 is 29.1 Å². The molecular weight excluding hydrogens is 568 g/mol. The lowest BCUT2D eigenvalue weighted by molar-refractivity contribution is -0.123. The van der Waals surface area contributed by atoms with E-state index in [2.05, 4.69) is 26.5 Å². The Hall–Kier alpha value is -4.57. The van der Waals surface area contributed by atoms with E-state index in [4.69, 9.17) is 23.7 Å². The third-order valence-electron chi connectivity index (χ3n) is 5.56. The molecule has 200 valence electrons. The van der Waals surface area contributed by atoms with Crippen molar-refractivity contribution in [3.8, 4) is 28.7 Å². The Morgan fingerprint density at radius 2 is 1.49 bits per heavy atom. The number of hydrogen-bond acceptors (Lipinski definition) is 8. The maximum atomic E-state index is 12.7. The predicted octanol–water partition coefficient (Wildman–Crippen LogP) is 5.38. The van der Waals surface area contributed by atoms with Gasteiger partial charge in [0.25, 0.3) is 5.91 Å². The van der Waals surface area contributed by atoms with Crippen LogP contribution in [0.1, 0.15) is 15.9 Å². The molecule has 4 aromatic carbocycles. The molecule has 4 aromatic rings. The van der Waals surface area contributed by atoms with Gasteiger partial charge in [0, 0.05) is 4.47 Å². The van der Waals surface area contributed by atoms with Crippen molar-refractivity contribution >= 4 is 44.8 Å². The lowest BCUT2D eigenvalue weighted by Crippen LogP contribution is -2.24. The van der Waals surface area contributed by atoms with E-state index in [1.54, 1.807) is 36.4 Å². The van der Waals surface area contributed by atoms with Gasteiger partial charge in [0.1, 0.15) is 5.75 Å². The zero-order valence-corrected chi connectivity index (χ0v) is 23.0. The standard InChI is InChI=1S/C29H25BrN2O7/c1-35-24-11-7-21(15-27(24)37-3)29(34)39-25-10-4-18(12-26(25)36-2)16-31-32-28(33)17-38-23-9-6-19-13-22(30)8-5-20(19)14-23/h4-16H,17H2,1-3H3,(H,32,33). The van der Waals surface area contributed by atoms with E-state index in [-0.39, 0.29) is 17.9 Å². The van der Waals surface area contributed by atoms with Crippen molar-refractivity contribution in [1.29, 1.82) is 0 Å². The summed E-state index contributed by atoms with van der Waals surface area (Å²) in [6, 6.07) is 21.1. The second-order valence-electron chi connectivity index (χ2n) is 8.10. The Balaban J connectivity index is 1.33. The van der Waals surface area contributed by atoms with E-state index in [0.29, 0.717) is 28.6 Å². The Morgan fingerprint density at radius 3 is 2.26 bits per heavy atom. The fourth-order valence-electron chi connectivity index (χ4n) is 3.62. The van der Waals surface area contributed by atoms with E-state index >= 15 is 0 Å². The molecule has 1 N–H and O–H groups in total. The van der Waals surface area contributed by atoms with Crippen LogP contribution in [0.5, 0.6) is 28.7 Å². The molecule has 0 saturated heterocycles. The van der Waals surface area contributed by atoms with Crippen LogP contribution in [0.2, 0.25) is 0 Å². The van der Waals surface area contributed by atoms with Gasteiger partial charge in [0.2, 0.25) is 0 Å². The van der Waals surface area contributed by atoms with Crippen molar-refractivity contribution in [3.05, 3.63) is 88.4 Å². The highest BCUT2D eigenvalue weighted by atomic mass is 79.9. The first-order valence-electron chi connectivity index (χ1n) is 11.7. The summed E-state index contributed by atoms with van der Waals surface area (Å²) in [5.74, 6) is 0.990.